The van der Waals surface area contributed by atoms with Crippen molar-refractivity contribution in [3.8, 4) is 0 Å². The number of nitrogens with one attached hydrogen (secondary N) is 1. The molecule has 3 rings (SSSR count). The van der Waals surface area contributed by atoms with Gasteiger partial charge in [-0.3, -0.25) is 9.78 Å². The molecule has 0 saturated heterocycles. The van der Waals surface area contributed by atoms with Gasteiger partial charge in [-0.2, -0.15) is 0 Å². The number of anilines is 1. The van der Waals surface area contributed by atoms with E-state index < -0.39 is 5.82 Å². The lowest BCUT2D eigenvalue weighted by Gasteiger charge is -2.07. The summed E-state index contributed by atoms with van der Waals surface area (Å²) >= 11 is 3.97. The van der Waals surface area contributed by atoms with Crippen LogP contribution in [-0.4, -0.2) is 10.9 Å². The Hall–Kier alpha value is -2.40. The van der Waals surface area contributed by atoms with Crippen LogP contribution >= 0.6 is 12.6 Å². The number of pyridine rings is 1. The second-order valence-electron chi connectivity index (χ2n) is 4.54. The smallest absolute Gasteiger partial charge is 0.255 e. The van der Waals surface area contributed by atoms with Crippen molar-refractivity contribution >= 4 is 35.1 Å². The van der Waals surface area contributed by atoms with Crippen molar-refractivity contribution in [2.75, 3.05) is 5.32 Å². The standard InChI is InChI=1S/C16H11FN2OS/c17-13-6-5-11(8-15(13)21)16(20)19-12-7-10-3-1-2-4-14(10)18-9-12/h1-9,21H,(H,19,20). The third-order valence-electron chi connectivity index (χ3n) is 3.06. The molecule has 1 N–H and O–H groups in total. The zero-order chi connectivity index (χ0) is 14.8. The number of hydrogen-bond donors (Lipinski definition) is 2. The number of carbonyl (C=O) groups is 1. The van der Waals surface area contributed by atoms with Gasteiger partial charge in [-0.15, -0.1) is 12.6 Å². The van der Waals surface area contributed by atoms with E-state index in [0.717, 1.165) is 10.9 Å². The van der Waals surface area contributed by atoms with Crippen LogP contribution in [0.2, 0.25) is 0 Å². The number of carbonyl (C=O) groups excluding carboxylic acids is 1. The normalized spacial score (nSPS) is 10.6. The molecular weight excluding hydrogens is 287 g/mol. The minimum atomic E-state index is -0.456. The molecule has 2 aromatic carbocycles. The molecule has 21 heavy (non-hydrogen) atoms. The molecule has 0 aliphatic rings. The minimum absolute atomic E-state index is 0.138. The summed E-state index contributed by atoms with van der Waals surface area (Å²) in [5, 5.41) is 3.67. The fourth-order valence-electron chi connectivity index (χ4n) is 2.00. The molecule has 0 spiro atoms. The van der Waals surface area contributed by atoms with Gasteiger partial charge in [0.15, 0.2) is 0 Å². The SMILES string of the molecule is O=C(Nc1cnc2ccccc2c1)c1ccc(F)c(S)c1. The van der Waals surface area contributed by atoms with E-state index in [0.29, 0.717) is 11.3 Å². The molecule has 1 aromatic heterocycles. The highest BCUT2D eigenvalue weighted by atomic mass is 32.1. The molecule has 0 aliphatic heterocycles. The fourth-order valence-corrected chi connectivity index (χ4v) is 2.21. The van der Waals surface area contributed by atoms with E-state index >= 15 is 0 Å². The van der Waals surface area contributed by atoms with Gasteiger partial charge in [0.05, 0.1) is 17.4 Å². The summed E-state index contributed by atoms with van der Waals surface area (Å²) in [6.07, 6.45) is 1.59. The quantitative estimate of drug-likeness (QED) is 0.704. The maximum absolute atomic E-state index is 13.1. The molecule has 0 atom stereocenters. The van der Waals surface area contributed by atoms with Crippen molar-refractivity contribution in [1.29, 1.82) is 0 Å². The van der Waals surface area contributed by atoms with E-state index in [2.05, 4.69) is 22.9 Å². The van der Waals surface area contributed by atoms with Crippen LogP contribution in [0.15, 0.2) is 59.6 Å². The molecule has 1 amide bonds. The van der Waals surface area contributed by atoms with E-state index in [9.17, 15) is 9.18 Å². The number of halogens is 1. The van der Waals surface area contributed by atoms with E-state index in [1.165, 1.54) is 18.2 Å². The summed E-state index contributed by atoms with van der Waals surface area (Å²) in [7, 11) is 0. The molecule has 104 valence electrons. The summed E-state index contributed by atoms with van der Waals surface area (Å²) < 4.78 is 13.1. The van der Waals surface area contributed by atoms with Gasteiger partial charge < -0.3 is 5.32 Å². The van der Waals surface area contributed by atoms with E-state index in [1.54, 1.807) is 6.20 Å². The lowest BCUT2D eigenvalue weighted by atomic mass is 10.2. The first-order valence-electron chi connectivity index (χ1n) is 6.28. The van der Waals surface area contributed by atoms with Crippen molar-refractivity contribution in [3.05, 3.63) is 66.1 Å². The highest BCUT2D eigenvalue weighted by Gasteiger charge is 2.09. The van der Waals surface area contributed by atoms with Gasteiger partial charge in [0.25, 0.3) is 5.91 Å². The van der Waals surface area contributed by atoms with Crippen molar-refractivity contribution < 1.29 is 9.18 Å². The van der Waals surface area contributed by atoms with Gasteiger partial charge in [0.1, 0.15) is 5.82 Å². The number of amides is 1. The third-order valence-corrected chi connectivity index (χ3v) is 3.40. The van der Waals surface area contributed by atoms with Crippen LogP contribution in [0, 0.1) is 5.82 Å². The van der Waals surface area contributed by atoms with Crippen LogP contribution in [0.1, 0.15) is 10.4 Å². The van der Waals surface area contributed by atoms with E-state index in [1.807, 2.05) is 30.3 Å². The van der Waals surface area contributed by atoms with Crippen LogP contribution < -0.4 is 5.32 Å². The Bertz CT molecular complexity index is 835. The largest absolute Gasteiger partial charge is 0.321 e. The van der Waals surface area contributed by atoms with Crippen LogP contribution in [0.5, 0.6) is 0 Å². The predicted molar refractivity (Wildman–Crippen MR) is 83.3 cm³/mol. The molecule has 0 saturated carbocycles. The highest BCUT2D eigenvalue weighted by molar-refractivity contribution is 7.80. The van der Waals surface area contributed by atoms with Gasteiger partial charge in [-0.25, -0.2) is 4.39 Å². The Kier molecular flexibility index (Phi) is 3.58. The monoisotopic (exact) mass is 298 g/mol. The summed E-state index contributed by atoms with van der Waals surface area (Å²) in [6, 6.07) is 13.5. The summed E-state index contributed by atoms with van der Waals surface area (Å²) in [6.45, 7) is 0. The maximum atomic E-state index is 13.1. The molecule has 1 heterocycles. The zero-order valence-corrected chi connectivity index (χ0v) is 11.8. The van der Waals surface area contributed by atoms with Crippen molar-refractivity contribution in [2.24, 2.45) is 0 Å². The van der Waals surface area contributed by atoms with Crippen LogP contribution in [0.4, 0.5) is 10.1 Å². The number of benzene rings is 2. The molecule has 0 radical (unpaired) electrons. The number of thiol groups is 1. The van der Waals surface area contributed by atoms with Crippen LogP contribution in [0.3, 0.4) is 0 Å². The molecule has 3 aromatic rings. The number of nitrogens with zero attached hydrogens (tertiary/aromatic N) is 1. The lowest BCUT2D eigenvalue weighted by molar-refractivity contribution is 0.102. The zero-order valence-electron chi connectivity index (χ0n) is 10.9. The lowest BCUT2D eigenvalue weighted by Crippen LogP contribution is -2.12. The second kappa shape index (κ2) is 5.54. The molecule has 0 aliphatic carbocycles. The summed E-state index contributed by atoms with van der Waals surface area (Å²) in [5.41, 5.74) is 1.79. The first kappa shape index (κ1) is 13.6. The predicted octanol–water partition coefficient (Wildman–Crippen LogP) is 3.91. The Morgan fingerprint density at radius 1 is 1.14 bits per heavy atom. The first-order valence-corrected chi connectivity index (χ1v) is 6.73. The van der Waals surface area contributed by atoms with Crippen LogP contribution in [0.25, 0.3) is 10.9 Å². The fraction of sp³-hybridized carbons (Fsp3) is 0. The van der Waals surface area contributed by atoms with Crippen molar-refractivity contribution in [1.82, 2.24) is 4.98 Å². The number of rotatable bonds is 2. The molecule has 5 heteroatoms. The summed E-state index contributed by atoms with van der Waals surface area (Å²) in [4.78, 5) is 16.5. The minimum Gasteiger partial charge on any atom is -0.321 e. The first-order chi connectivity index (χ1) is 10.1. The number of aromatic nitrogens is 1. The van der Waals surface area contributed by atoms with Crippen LogP contribution in [-0.2, 0) is 0 Å². The maximum Gasteiger partial charge on any atom is 0.255 e. The van der Waals surface area contributed by atoms with Gasteiger partial charge in [0.2, 0.25) is 0 Å². The average Bonchev–Trinajstić information content (AvgIpc) is 2.50. The Morgan fingerprint density at radius 2 is 1.95 bits per heavy atom. The van der Waals surface area contributed by atoms with E-state index in [-0.39, 0.29) is 10.8 Å². The second-order valence-corrected chi connectivity index (χ2v) is 5.02. The highest BCUT2D eigenvalue weighted by Crippen LogP contribution is 2.18. The van der Waals surface area contributed by atoms with Crippen molar-refractivity contribution in [3.63, 3.8) is 0 Å². The third kappa shape index (κ3) is 2.87. The van der Waals surface area contributed by atoms with Gasteiger partial charge in [0, 0.05) is 15.8 Å². The average molecular weight is 298 g/mol. The molecule has 0 unspecified atom stereocenters. The molecule has 0 bridgehead atoms. The number of hydrogen-bond acceptors (Lipinski definition) is 3. The van der Waals surface area contributed by atoms with Gasteiger partial charge in [-0.1, -0.05) is 18.2 Å². The summed E-state index contributed by atoms with van der Waals surface area (Å²) in [5.74, 6) is -0.787. The topological polar surface area (TPSA) is 42.0 Å². The number of para-hydroxylation sites is 1. The Balaban J connectivity index is 1.87. The Morgan fingerprint density at radius 3 is 2.76 bits per heavy atom. The van der Waals surface area contributed by atoms with Gasteiger partial charge >= 0.3 is 0 Å². The Labute approximate surface area is 126 Å². The molecule has 3 nitrogen and oxygen atoms in total. The van der Waals surface area contributed by atoms with E-state index in [4.69, 9.17) is 0 Å². The number of fused-ring (bicyclic) bond motifs is 1. The van der Waals surface area contributed by atoms with Gasteiger partial charge in [-0.05, 0) is 30.3 Å². The molecular formula is C16H11FN2OS. The molecule has 0 fully saturated rings. The van der Waals surface area contributed by atoms with Crippen molar-refractivity contribution in [2.45, 2.75) is 4.90 Å².